The van der Waals surface area contributed by atoms with Crippen molar-refractivity contribution in [2.75, 3.05) is 7.11 Å². The second kappa shape index (κ2) is 5.37. The van der Waals surface area contributed by atoms with Crippen LogP contribution in [0, 0.1) is 0 Å². The quantitative estimate of drug-likeness (QED) is 0.604. The Labute approximate surface area is 126 Å². The summed E-state index contributed by atoms with van der Waals surface area (Å²) in [6, 6.07) is 16.6. The number of hydrogen-bond donors (Lipinski definition) is 0. The minimum Gasteiger partial charge on any atom is -0.497 e. The van der Waals surface area contributed by atoms with E-state index in [-0.39, 0.29) is 0 Å². The van der Waals surface area contributed by atoms with Gasteiger partial charge in [-0.1, -0.05) is 36.4 Å². The number of methoxy groups -OCH3 is 1. The molecule has 3 aromatic carbocycles. The molecule has 0 aromatic heterocycles. The molecule has 4 heteroatoms. The van der Waals surface area contributed by atoms with Crippen LogP contribution >= 0.6 is 0 Å². The van der Waals surface area contributed by atoms with Crippen LogP contribution < -0.4 is 4.74 Å². The van der Waals surface area contributed by atoms with Gasteiger partial charge in [0.1, 0.15) is 5.75 Å². The Morgan fingerprint density at radius 1 is 0.864 bits per heavy atom. The zero-order valence-electron chi connectivity index (χ0n) is 11.8. The SMILES string of the molecule is COc1cc(-c2ccc(C(F)(F)F)cc2)c2ccccc2c1. The van der Waals surface area contributed by atoms with Gasteiger partial charge in [0.25, 0.3) is 0 Å². The Kier molecular flexibility index (Phi) is 3.53. The van der Waals surface area contributed by atoms with Gasteiger partial charge in [0.2, 0.25) is 0 Å². The van der Waals surface area contributed by atoms with Crippen LogP contribution in [-0.4, -0.2) is 7.11 Å². The molecular formula is C18H13F3O. The number of fused-ring (bicyclic) bond motifs is 1. The molecule has 0 aliphatic rings. The fourth-order valence-electron chi connectivity index (χ4n) is 2.48. The number of rotatable bonds is 2. The lowest BCUT2D eigenvalue weighted by molar-refractivity contribution is -0.137. The van der Waals surface area contributed by atoms with E-state index in [4.69, 9.17) is 4.74 Å². The van der Waals surface area contributed by atoms with E-state index >= 15 is 0 Å². The molecule has 0 bridgehead atoms. The summed E-state index contributed by atoms with van der Waals surface area (Å²) in [6.07, 6.45) is -4.32. The van der Waals surface area contributed by atoms with Crippen LogP contribution in [0.3, 0.4) is 0 Å². The summed E-state index contributed by atoms with van der Waals surface area (Å²) in [4.78, 5) is 0. The zero-order valence-corrected chi connectivity index (χ0v) is 11.8. The standard InChI is InChI=1S/C18H13F3O/c1-22-15-10-13-4-2-3-5-16(13)17(11-15)12-6-8-14(9-7-12)18(19,20)21/h2-11H,1H3. The second-order valence-electron chi connectivity index (χ2n) is 4.97. The molecule has 0 saturated heterocycles. The molecule has 3 aromatic rings. The van der Waals surface area contributed by atoms with Crippen molar-refractivity contribution in [1.29, 1.82) is 0 Å². The van der Waals surface area contributed by atoms with E-state index in [2.05, 4.69) is 0 Å². The first-order valence-corrected chi connectivity index (χ1v) is 6.73. The van der Waals surface area contributed by atoms with E-state index < -0.39 is 11.7 Å². The van der Waals surface area contributed by atoms with Crippen molar-refractivity contribution in [3.63, 3.8) is 0 Å². The number of halogens is 3. The average molecular weight is 302 g/mol. The lowest BCUT2D eigenvalue weighted by atomic mass is 9.97. The van der Waals surface area contributed by atoms with Gasteiger partial charge in [-0.05, 0) is 46.2 Å². The smallest absolute Gasteiger partial charge is 0.416 e. The van der Waals surface area contributed by atoms with E-state index in [1.54, 1.807) is 7.11 Å². The molecule has 0 aliphatic carbocycles. The zero-order chi connectivity index (χ0) is 15.7. The normalized spacial score (nSPS) is 11.6. The summed E-state index contributed by atoms with van der Waals surface area (Å²) >= 11 is 0. The van der Waals surface area contributed by atoms with Crippen LogP contribution in [0.25, 0.3) is 21.9 Å². The Bertz CT molecular complexity index is 805. The first-order chi connectivity index (χ1) is 10.5. The Hall–Kier alpha value is -2.49. The van der Waals surface area contributed by atoms with Gasteiger partial charge < -0.3 is 4.74 Å². The molecule has 3 rings (SSSR count). The van der Waals surface area contributed by atoms with Crippen molar-refractivity contribution in [3.8, 4) is 16.9 Å². The van der Waals surface area contributed by atoms with Gasteiger partial charge in [-0.2, -0.15) is 13.2 Å². The summed E-state index contributed by atoms with van der Waals surface area (Å²) in [5.41, 5.74) is 0.926. The van der Waals surface area contributed by atoms with Crippen LogP contribution in [0.1, 0.15) is 5.56 Å². The summed E-state index contributed by atoms with van der Waals surface area (Å²) in [5.74, 6) is 0.675. The number of benzene rings is 3. The van der Waals surface area contributed by atoms with Crippen LogP contribution in [-0.2, 0) is 6.18 Å². The van der Waals surface area contributed by atoms with Crippen molar-refractivity contribution in [3.05, 3.63) is 66.2 Å². The van der Waals surface area contributed by atoms with E-state index in [0.717, 1.165) is 34.0 Å². The predicted octanol–water partition coefficient (Wildman–Crippen LogP) is 5.53. The van der Waals surface area contributed by atoms with Crippen LogP contribution in [0.2, 0.25) is 0 Å². The number of ether oxygens (including phenoxy) is 1. The molecule has 0 radical (unpaired) electrons. The third-order valence-electron chi connectivity index (χ3n) is 3.59. The molecule has 0 heterocycles. The molecule has 0 N–H and O–H groups in total. The number of alkyl halides is 3. The van der Waals surface area contributed by atoms with Crippen LogP contribution in [0.15, 0.2) is 60.7 Å². The summed E-state index contributed by atoms with van der Waals surface area (Å²) in [7, 11) is 1.57. The first-order valence-electron chi connectivity index (χ1n) is 6.73. The highest BCUT2D eigenvalue weighted by Gasteiger charge is 2.30. The van der Waals surface area contributed by atoms with Gasteiger partial charge in [-0.15, -0.1) is 0 Å². The average Bonchev–Trinajstić information content (AvgIpc) is 2.53. The molecule has 1 nitrogen and oxygen atoms in total. The molecular weight excluding hydrogens is 289 g/mol. The Morgan fingerprint density at radius 2 is 1.55 bits per heavy atom. The minimum atomic E-state index is -4.32. The van der Waals surface area contributed by atoms with Crippen molar-refractivity contribution in [2.24, 2.45) is 0 Å². The Morgan fingerprint density at radius 3 is 2.18 bits per heavy atom. The third kappa shape index (κ3) is 2.64. The van der Waals surface area contributed by atoms with E-state index in [1.807, 2.05) is 36.4 Å². The highest BCUT2D eigenvalue weighted by molar-refractivity contribution is 5.97. The highest BCUT2D eigenvalue weighted by Crippen LogP contribution is 2.35. The fraction of sp³-hybridized carbons (Fsp3) is 0.111. The highest BCUT2D eigenvalue weighted by atomic mass is 19.4. The van der Waals surface area contributed by atoms with E-state index in [0.29, 0.717) is 5.75 Å². The van der Waals surface area contributed by atoms with Gasteiger partial charge in [0.05, 0.1) is 12.7 Å². The maximum atomic E-state index is 12.7. The van der Waals surface area contributed by atoms with Gasteiger partial charge >= 0.3 is 6.18 Å². The minimum absolute atomic E-state index is 0.650. The van der Waals surface area contributed by atoms with E-state index in [9.17, 15) is 13.2 Å². The lowest BCUT2D eigenvalue weighted by Gasteiger charge is -2.11. The molecule has 0 fully saturated rings. The van der Waals surface area contributed by atoms with Gasteiger partial charge in [0.15, 0.2) is 0 Å². The predicted molar refractivity (Wildman–Crippen MR) is 80.9 cm³/mol. The maximum Gasteiger partial charge on any atom is 0.416 e. The van der Waals surface area contributed by atoms with Gasteiger partial charge in [-0.25, -0.2) is 0 Å². The van der Waals surface area contributed by atoms with Crippen molar-refractivity contribution < 1.29 is 17.9 Å². The molecule has 22 heavy (non-hydrogen) atoms. The molecule has 0 atom stereocenters. The van der Waals surface area contributed by atoms with Gasteiger partial charge in [0, 0.05) is 0 Å². The molecule has 0 saturated carbocycles. The maximum absolute atomic E-state index is 12.7. The fourth-order valence-corrected chi connectivity index (χ4v) is 2.48. The molecule has 0 amide bonds. The first kappa shape index (κ1) is 14.4. The lowest BCUT2D eigenvalue weighted by Crippen LogP contribution is -2.04. The molecule has 0 aliphatic heterocycles. The van der Waals surface area contributed by atoms with Crippen LogP contribution in [0.5, 0.6) is 5.75 Å². The summed E-state index contributed by atoms with van der Waals surface area (Å²) in [5, 5.41) is 1.96. The van der Waals surface area contributed by atoms with Gasteiger partial charge in [-0.3, -0.25) is 0 Å². The summed E-state index contributed by atoms with van der Waals surface area (Å²) < 4.78 is 43.3. The third-order valence-corrected chi connectivity index (χ3v) is 3.59. The Balaban J connectivity index is 2.17. The molecule has 0 spiro atoms. The van der Waals surface area contributed by atoms with Crippen molar-refractivity contribution >= 4 is 10.8 Å². The van der Waals surface area contributed by atoms with Crippen LogP contribution in [0.4, 0.5) is 13.2 Å². The van der Waals surface area contributed by atoms with Crippen molar-refractivity contribution in [1.82, 2.24) is 0 Å². The van der Waals surface area contributed by atoms with E-state index in [1.165, 1.54) is 12.1 Å². The largest absolute Gasteiger partial charge is 0.497 e. The summed E-state index contributed by atoms with van der Waals surface area (Å²) in [6.45, 7) is 0. The van der Waals surface area contributed by atoms with Crippen molar-refractivity contribution in [2.45, 2.75) is 6.18 Å². The topological polar surface area (TPSA) is 9.23 Å². The molecule has 0 unspecified atom stereocenters. The monoisotopic (exact) mass is 302 g/mol. The second-order valence-corrected chi connectivity index (χ2v) is 4.97. The number of hydrogen-bond acceptors (Lipinski definition) is 1. The molecule has 112 valence electrons.